The molecule has 3 amide bonds. The summed E-state index contributed by atoms with van der Waals surface area (Å²) in [5.41, 5.74) is 3.80. The molecular formula is C30H57N3O8S. The minimum atomic E-state index is -1.96. The maximum absolute atomic E-state index is 12.4. The summed E-state index contributed by atoms with van der Waals surface area (Å²) in [6, 6.07) is 0. The molecule has 0 aromatic heterocycles. The van der Waals surface area contributed by atoms with Crippen LogP contribution in [0.3, 0.4) is 0 Å². The van der Waals surface area contributed by atoms with E-state index in [1.807, 2.05) is 0 Å². The van der Waals surface area contributed by atoms with E-state index in [4.69, 9.17) is 19.9 Å². The van der Waals surface area contributed by atoms with Crippen LogP contribution in [-0.2, 0) is 23.8 Å². The predicted octanol–water partition coefficient (Wildman–Crippen LogP) is 6.42. The van der Waals surface area contributed by atoms with E-state index in [0.29, 0.717) is 12.3 Å². The van der Waals surface area contributed by atoms with Crippen molar-refractivity contribution in [3.63, 3.8) is 0 Å². The topological polar surface area (TPSA) is 157 Å². The van der Waals surface area contributed by atoms with Crippen LogP contribution in [0.4, 0.5) is 9.59 Å². The first kappa shape index (κ1) is 40.0. The molecule has 0 aliphatic heterocycles. The minimum absolute atomic E-state index is 0.00976. The first-order valence-electron chi connectivity index (χ1n) is 15.6. The van der Waals surface area contributed by atoms with Gasteiger partial charge in [0.05, 0.1) is 6.61 Å². The standard InChI is InChI=1S/C30H57N3O8S/c1-5-6-7-8-9-10-11-12-13-14-15-16-17-18-19-21-33(25(2)34)29(38)40-23-22-39-26(3)41-28(37)32-30(31,27(35)36)20-24-42-4/h26H,5-24,31H2,1-4H3,(H,32,37)(H,35,36). The van der Waals surface area contributed by atoms with Crippen molar-refractivity contribution in [2.45, 2.75) is 135 Å². The fraction of sp³-hybridized carbons (Fsp3) is 0.867. The van der Waals surface area contributed by atoms with Crippen molar-refractivity contribution in [1.82, 2.24) is 10.2 Å². The lowest BCUT2D eigenvalue weighted by Gasteiger charge is -2.26. The van der Waals surface area contributed by atoms with Crippen molar-refractivity contribution >= 4 is 35.8 Å². The molecule has 12 heteroatoms. The van der Waals surface area contributed by atoms with Crippen LogP contribution < -0.4 is 11.1 Å². The number of imide groups is 1. The van der Waals surface area contributed by atoms with Gasteiger partial charge in [-0.25, -0.2) is 19.3 Å². The summed E-state index contributed by atoms with van der Waals surface area (Å²) in [5, 5.41) is 11.4. The number of hydrogen-bond donors (Lipinski definition) is 3. The second kappa shape index (κ2) is 25.4. The fourth-order valence-corrected chi connectivity index (χ4v) is 4.85. The van der Waals surface area contributed by atoms with E-state index in [9.17, 15) is 24.3 Å². The third-order valence-electron chi connectivity index (χ3n) is 6.93. The number of carbonyl (C=O) groups is 4. The average Bonchev–Trinajstić information content (AvgIpc) is 2.93. The lowest BCUT2D eigenvalue weighted by Crippen LogP contribution is -2.62. The van der Waals surface area contributed by atoms with E-state index in [1.165, 1.54) is 96.2 Å². The minimum Gasteiger partial charge on any atom is -0.478 e. The lowest BCUT2D eigenvalue weighted by molar-refractivity contribution is -0.145. The highest BCUT2D eigenvalue weighted by Gasteiger charge is 2.36. The molecule has 0 radical (unpaired) electrons. The molecule has 4 N–H and O–H groups in total. The summed E-state index contributed by atoms with van der Waals surface area (Å²) in [6.45, 7) is 5.06. The Balaban J connectivity index is 4.01. The van der Waals surface area contributed by atoms with Gasteiger partial charge in [-0.05, 0) is 25.4 Å². The molecule has 0 aliphatic rings. The number of nitrogens with two attached hydrogens (primary N) is 1. The van der Waals surface area contributed by atoms with E-state index >= 15 is 0 Å². The van der Waals surface area contributed by atoms with E-state index in [-0.39, 0.29) is 25.5 Å². The molecule has 246 valence electrons. The number of hydrogen-bond acceptors (Lipinski definition) is 9. The molecule has 0 fully saturated rings. The Bertz CT molecular complexity index is 758. The number of unbranched alkanes of at least 4 members (excludes halogenated alkanes) is 14. The van der Waals surface area contributed by atoms with Crippen molar-refractivity contribution in [1.29, 1.82) is 0 Å². The highest BCUT2D eigenvalue weighted by Crippen LogP contribution is 2.14. The SMILES string of the molecule is CCCCCCCCCCCCCCCCCN(C(C)=O)C(=O)OCCOC(C)OC(=O)NC(N)(CCSC)C(=O)O. The van der Waals surface area contributed by atoms with E-state index in [1.54, 1.807) is 6.26 Å². The monoisotopic (exact) mass is 619 g/mol. The van der Waals surface area contributed by atoms with Gasteiger partial charge in [0.15, 0.2) is 5.66 Å². The summed E-state index contributed by atoms with van der Waals surface area (Å²) in [7, 11) is 0. The van der Waals surface area contributed by atoms with Crippen LogP contribution in [0.1, 0.15) is 124 Å². The number of alkyl carbamates (subject to hydrolysis) is 1. The van der Waals surface area contributed by atoms with Crippen LogP contribution >= 0.6 is 11.8 Å². The third-order valence-corrected chi connectivity index (χ3v) is 7.54. The van der Waals surface area contributed by atoms with Gasteiger partial charge in [0.25, 0.3) is 0 Å². The van der Waals surface area contributed by atoms with Crippen LogP contribution in [0.2, 0.25) is 0 Å². The Morgan fingerprint density at radius 1 is 0.881 bits per heavy atom. The van der Waals surface area contributed by atoms with Gasteiger partial charge in [0.1, 0.15) is 6.61 Å². The maximum atomic E-state index is 12.4. The van der Waals surface area contributed by atoms with E-state index in [0.717, 1.165) is 30.6 Å². The number of amides is 3. The summed E-state index contributed by atoms with van der Waals surface area (Å²) in [6.07, 6.45) is 17.5. The molecule has 0 aromatic rings. The Hall–Kier alpha value is -2.05. The molecule has 0 aromatic carbocycles. The van der Waals surface area contributed by atoms with Crippen molar-refractivity contribution in [2.24, 2.45) is 5.73 Å². The molecule has 11 nitrogen and oxygen atoms in total. The van der Waals surface area contributed by atoms with Gasteiger partial charge in [0, 0.05) is 19.9 Å². The Labute approximate surface area is 257 Å². The van der Waals surface area contributed by atoms with Crippen LogP contribution in [0.5, 0.6) is 0 Å². The molecular weight excluding hydrogens is 562 g/mol. The number of nitrogens with zero attached hydrogens (tertiary/aromatic N) is 1. The summed E-state index contributed by atoms with van der Waals surface area (Å²) >= 11 is 1.39. The summed E-state index contributed by atoms with van der Waals surface area (Å²) in [5.74, 6) is -1.34. The predicted molar refractivity (Wildman–Crippen MR) is 166 cm³/mol. The van der Waals surface area contributed by atoms with Gasteiger partial charge < -0.3 is 19.3 Å². The van der Waals surface area contributed by atoms with Gasteiger partial charge in [-0.3, -0.25) is 15.8 Å². The van der Waals surface area contributed by atoms with Crippen molar-refractivity contribution in [3.8, 4) is 0 Å². The third kappa shape index (κ3) is 20.8. The smallest absolute Gasteiger partial charge is 0.416 e. The highest BCUT2D eigenvalue weighted by molar-refractivity contribution is 7.98. The Morgan fingerprint density at radius 2 is 1.38 bits per heavy atom. The molecule has 0 bridgehead atoms. The number of thioether (sulfide) groups is 1. The number of rotatable bonds is 26. The zero-order chi connectivity index (χ0) is 31.6. The number of carbonyl (C=O) groups excluding carboxylic acids is 3. The molecule has 0 heterocycles. The van der Waals surface area contributed by atoms with Gasteiger partial charge in [-0.1, -0.05) is 96.8 Å². The lowest BCUT2D eigenvalue weighted by atomic mass is 10.0. The maximum Gasteiger partial charge on any atom is 0.416 e. The van der Waals surface area contributed by atoms with E-state index < -0.39 is 30.1 Å². The molecule has 2 unspecified atom stereocenters. The molecule has 0 saturated heterocycles. The molecule has 0 saturated carbocycles. The Morgan fingerprint density at radius 3 is 1.83 bits per heavy atom. The van der Waals surface area contributed by atoms with Crippen LogP contribution in [0.25, 0.3) is 0 Å². The number of aliphatic carboxylic acids is 1. The number of ether oxygens (including phenoxy) is 3. The van der Waals surface area contributed by atoms with Gasteiger partial charge in [0.2, 0.25) is 12.2 Å². The quantitative estimate of drug-likeness (QED) is 0.0728. The number of carboxylic acid groups (broad SMARTS) is 1. The van der Waals surface area contributed by atoms with Crippen molar-refractivity contribution in [2.75, 3.05) is 31.8 Å². The summed E-state index contributed by atoms with van der Waals surface area (Å²) in [4.78, 5) is 48.8. The van der Waals surface area contributed by atoms with Gasteiger partial charge in [-0.2, -0.15) is 11.8 Å². The molecule has 0 spiro atoms. The van der Waals surface area contributed by atoms with Crippen molar-refractivity contribution < 1.29 is 38.5 Å². The normalized spacial score (nSPS) is 13.2. The molecule has 42 heavy (non-hydrogen) atoms. The highest BCUT2D eigenvalue weighted by atomic mass is 32.2. The Kier molecular flexibility index (Phi) is 24.2. The van der Waals surface area contributed by atoms with Crippen LogP contribution in [0, 0.1) is 0 Å². The van der Waals surface area contributed by atoms with Crippen molar-refractivity contribution in [3.05, 3.63) is 0 Å². The largest absolute Gasteiger partial charge is 0.478 e. The first-order valence-corrected chi connectivity index (χ1v) is 17.0. The molecule has 0 rings (SSSR count). The second-order valence-corrected chi connectivity index (χ2v) is 11.7. The molecule has 2 atom stereocenters. The van der Waals surface area contributed by atoms with Gasteiger partial charge in [-0.15, -0.1) is 0 Å². The number of carboxylic acids is 1. The van der Waals surface area contributed by atoms with Crippen LogP contribution in [-0.4, -0.2) is 77.8 Å². The van der Waals surface area contributed by atoms with E-state index in [2.05, 4.69) is 12.2 Å². The summed E-state index contributed by atoms with van der Waals surface area (Å²) < 4.78 is 15.4. The van der Waals surface area contributed by atoms with Crippen LogP contribution in [0.15, 0.2) is 0 Å². The number of nitrogens with one attached hydrogen (secondary N) is 1. The van der Waals surface area contributed by atoms with Gasteiger partial charge >= 0.3 is 18.2 Å². The first-order chi connectivity index (χ1) is 20.1. The zero-order valence-corrected chi connectivity index (χ0v) is 27.3. The second-order valence-electron chi connectivity index (χ2n) is 10.7. The molecule has 0 aliphatic carbocycles. The zero-order valence-electron chi connectivity index (χ0n) is 26.5. The fourth-order valence-electron chi connectivity index (χ4n) is 4.32. The average molecular weight is 620 g/mol.